The fourth-order valence-electron chi connectivity index (χ4n) is 0.263. The van der Waals surface area contributed by atoms with Crippen LogP contribution in [0.3, 0.4) is 0 Å². The molecule has 0 aromatic rings. The zero-order valence-corrected chi connectivity index (χ0v) is 5.31. The van der Waals surface area contributed by atoms with E-state index in [-0.39, 0.29) is 5.71 Å². The third kappa shape index (κ3) is 4.49. The Labute approximate surface area is 54.6 Å². The summed E-state index contributed by atoms with van der Waals surface area (Å²) >= 11 is 0. The molecule has 0 saturated carbocycles. The molecule has 0 aromatic carbocycles. The van der Waals surface area contributed by atoms with Crippen molar-refractivity contribution in [2.24, 2.45) is 0 Å². The lowest BCUT2D eigenvalue weighted by molar-refractivity contribution is 1.48. The molecule has 1 N–H and O–H groups in total. The van der Waals surface area contributed by atoms with Gasteiger partial charge in [0.15, 0.2) is 0 Å². The van der Waals surface area contributed by atoms with Gasteiger partial charge in [-0.15, -0.1) is 0 Å². The second-order valence-electron chi connectivity index (χ2n) is 1.71. The topological polar surface area (TPSA) is 47.6 Å². The summed E-state index contributed by atoms with van der Waals surface area (Å²) < 4.78 is 0. The molecular weight excluding hydrogens is 112 g/mol. The van der Waals surface area contributed by atoms with Gasteiger partial charge in [-0.05, 0) is 13.0 Å². The van der Waals surface area contributed by atoms with Gasteiger partial charge in [-0.3, -0.25) is 5.41 Å². The molecule has 0 rings (SSSR count). The highest BCUT2D eigenvalue weighted by Gasteiger charge is 1.81. The van der Waals surface area contributed by atoms with Crippen LogP contribution in [0.15, 0.2) is 24.3 Å². The maximum atomic E-state index is 8.09. The molecule has 0 bridgehead atoms. The molecule has 2 heteroatoms. The quantitative estimate of drug-likeness (QED) is 0.437. The van der Waals surface area contributed by atoms with Crippen molar-refractivity contribution in [3.63, 3.8) is 0 Å². The fourth-order valence-corrected chi connectivity index (χ4v) is 0.263. The van der Waals surface area contributed by atoms with E-state index in [1.54, 1.807) is 19.1 Å². The highest BCUT2D eigenvalue weighted by molar-refractivity contribution is 6.04. The molecule has 0 radical (unpaired) electrons. The molecule has 0 unspecified atom stereocenters. The highest BCUT2D eigenvalue weighted by atomic mass is 14.4. The Morgan fingerprint density at radius 3 is 2.56 bits per heavy atom. The van der Waals surface area contributed by atoms with Crippen molar-refractivity contribution in [3.05, 3.63) is 24.3 Å². The Kier molecular flexibility index (Phi) is 3.07. The van der Waals surface area contributed by atoms with Gasteiger partial charge in [0.05, 0.1) is 0 Å². The number of hydrogen-bond acceptors (Lipinski definition) is 2. The molecule has 0 saturated heterocycles. The molecule has 46 valence electrons. The first-order chi connectivity index (χ1) is 4.16. The van der Waals surface area contributed by atoms with Crippen molar-refractivity contribution in [2.45, 2.75) is 6.92 Å². The van der Waals surface area contributed by atoms with Gasteiger partial charge in [0, 0.05) is 0 Å². The van der Waals surface area contributed by atoms with E-state index in [1.165, 1.54) is 6.08 Å². The molecule has 2 nitrogen and oxygen atoms in total. The van der Waals surface area contributed by atoms with Crippen LogP contribution in [0.1, 0.15) is 6.92 Å². The molecule has 0 fully saturated rings. The van der Waals surface area contributed by atoms with E-state index in [4.69, 9.17) is 10.7 Å². The van der Waals surface area contributed by atoms with Crippen molar-refractivity contribution in [3.8, 4) is 6.07 Å². The summed E-state index contributed by atoms with van der Waals surface area (Å²) in [6.07, 6.45) is 3.05. The molecule has 0 aliphatic heterocycles. The van der Waals surface area contributed by atoms with Gasteiger partial charge in [-0.2, -0.15) is 5.26 Å². The van der Waals surface area contributed by atoms with Crippen molar-refractivity contribution < 1.29 is 0 Å². The molecule has 0 atom stereocenters. The summed E-state index contributed by atoms with van der Waals surface area (Å²) in [5, 5.41) is 14.9. The van der Waals surface area contributed by atoms with Gasteiger partial charge in [-0.25, -0.2) is 0 Å². The van der Waals surface area contributed by atoms with Crippen LogP contribution in [0.2, 0.25) is 0 Å². The summed E-state index contributed by atoms with van der Waals surface area (Å²) in [6.45, 7) is 5.38. The van der Waals surface area contributed by atoms with Gasteiger partial charge in [-0.1, -0.05) is 18.2 Å². The predicted octanol–water partition coefficient (Wildman–Crippen LogP) is 1.66. The van der Waals surface area contributed by atoms with E-state index >= 15 is 0 Å². The minimum absolute atomic E-state index is 0.0435. The lowest BCUT2D eigenvalue weighted by Crippen LogP contribution is -1.81. The lowest BCUT2D eigenvalue weighted by Gasteiger charge is -1.80. The fraction of sp³-hybridized carbons (Fsp3) is 0.143. The van der Waals surface area contributed by atoms with Crippen LogP contribution in [-0.4, -0.2) is 5.71 Å². The molecule has 0 aliphatic carbocycles. The van der Waals surface area contributed by atoms with E-state index in [0.717, 1.165) is 5.57 Å². The molecular formula is C7H8N2. The Balaban J connectivity index is 3.90. The summed E-state index contributed by atoms with van der Waals surface area (Å²) in [7, 11) is 0. The van der Waals surface area contributed by atoms with Crippen LogP contribution in [0.25, 0.3) is 0 Å². The third-order valence-electron chi connectivity index (χ3n) is 0.655. The number of rotatable bonds is 2. The number of hydrogen-bond donors (Lipinski definition) is 1. The van der Waals surface area contributed by atoms with Gasteiger partial charge in [0.2, 0.25) is 0 Å². The summed E-state index contributed by atoms with van der Waals surface area (Å²) in [4.78, 5) is 0. The Morgan fingerprint density at radius 1 is 1.67 bits per heavy atom. The monoisotopic (exact) mass is 120 g/mol. The maximum absolute atomic E-state index is 8.09. The summed E-state index contributed by atoms with van der Waals surface area (Å²) in [5.41, 5.74) is 0.799. The highest BCUT2D eigenvalue weighted by Crippen LogP contribution is 1.88. The zero-order chi connectivity index (χ0) is 7.28. The van der Waals surface area contributed by atoms with Crippen LogP contribution in [-0.2, 0) is 0 Å². The van der Waals surface area contributed by atoms with Gasteiger partial charge in [0.25, 0.3) is 0 Å². The second-order valence-corrected chi connectivity index (χ2v) is 1.71. The molecule has 0 spiro atoms. The molecule has 9 heavy (non-hydrogen) atoms. The minimum atomic E-state index is -0.0435. The summed E-state index contributed by atoms with van der Waals surface area (Å²) in [5.74, 6) is 0. The predicted molar refractivity (Wildman–Crippen MR) is 37.3 cm³/mol. The van der Waals surface area contributed by atoms with Crippen LogP contribution >= 0.6 is 0 Å². The average molecular weight is 120 g/mol. The van der Waals surface area contributed by atoms with Gasteiger partial charge >= 0.3 is 0 Å². The van der Waals surface area contributed by atoms with Crippen LogP contribution in [0.5, 0.6) is 0 Å². The third-order valence-corrected chi connectivity index (χ3v) is 0.655. The van der Waals surface area contributed by atoms with Gasteiger partial charge in [0.1, 0.15) is 11.8 Å². The van der Waals surface area contributed by atoms with E-state index < -0.39 is 0 Å². The lowest BCUT2D eigenvalue weighted by atomic mass is 10.3. The first-order valence-electron chi connectivity index (χ1n) is 2.49. The van der Waals surface area contributed by atoms with Crippen molar-refractivity contribution in [1.29, 1.82) is 10.7 Å². The van der Waals surface area contributed by atoms with Crippen molar-refractivity contribution >= 4 is 5.71 Å². The molecule has 0 aliphatic rings. The van der Waals surface area contributed by atoms with Crippen LogP contribution in [0, 0.1) is 16.7 Å². The number of nitriles is 1. The second kappa shape index (κ2) is 3.62. The number of nitrogens with zero attached hydrogens (tertiary/aromatic N) is 1. The van der Waals surface area contributed by atoms with Crippen molar-refractivity contribution in [2.75, 3.05) is 0 Å². The standard InChI is InChI=1S/C7H8N2/c1-6(2)3-4-7(9)5-8/h3-4,9H,1H2,2H3/b4-3-,9-7?. The summed E-state index contributed by atoms with van der Waals surface area (Å²) in [6, 6.07) is 1.68. The molecule has 0 amide bonds. The SMILES string of the molecule is C=C(C)/C=C\C(=N)C#N. The Morgan fingerprint density at radius 2 is 2.22 bits per heavy atom. The normalized spacial score (nSPS) is 8.89. The van der Waals surface area contributed by atoms with Crippen molar-refractivity contribution in [1.82, 2.24) is 0 Å². The number of allylic oxidation sites excluding steroid dienone is 3. The Hall–Kier alpha value is -1.36. The van der Waals surface area contributed by atoms with E-state index in [0.29, 0.717) is 0 Å². The smallest absolute Gasteiger partial charge is 0.132 e. The van der Waals surface area contributed by atoms with Crippen LogP contribution < -0.4 is 0 Å². The van der Waals surface area contributed by atoms with E-state index in [9.17, 15) is 0 Å². The first kappa shape index (κ1) is 7.64. The number of nitrogens with one attached hydrogen (secondary N) is 1. The minimum Gasteiger partial charge on any atom is -0.290 e. The first-order valence-corrected chi connectivity index (χ1v) is 2.49. The zero-order valence-electron chi connectivity index (χ0n) is 5.31. The molecule has 0 heterocycles. The Bertz CT molecular complexity index is 193. The van der Waals surface area contributed by atoms with Crippen LogP contribution in [0.4, 0.5) is 0 Å². The van der Waals surface area contributed by atoms with E-state index in [2.05, 4.69) is 6.58 Å². The average Bonchev–Trinajstić information content (AvgIpc) is 1.83. The van der Waals surface area contributed by atoms with E-state index in [1.807, 2.05) is 0 Å². The largest absolute Gasteiger partial charge is 0.290 e. The van der Waals surface area contributed by atoms with Gasteiger partial charge < -0.3 is 0 Å². The maximum Gasteiger partial charge on any atom is 0.132 e. The molecule has 0 aromatic heterocycles.